The van der Waals surface area contributed by atoms with E-state index in [1.165, 1.54) is 13.2 Å². The van der Waals surface area contributed by atoms with Gasteiger partial charge in [-0.05, 0) is 75.4 Å². The Labute approximate surface area is 188 Å². The predicted molar refractivity (Wildman–Crippen MR) is 121 cm³/mol. The minimum absolute atomic E-state index is 0.0740. The summed E-state index contributed by atoms with van der Waals surface area (Å²) in [4.78, 5) is 25.6. The standard InChI is InChI=1S/C26H29FO5/c1-8-16-10-11-17(18-12-9-15(2)13-20(18)27)14-19(16)21-22(28)25(3,4)32-26(5,6)23(21)31-24(29)30-7/h9-14H,8H2,1-7H3. The minimum Gasteiger partial charge on any atom is -0.437 e. The zero-order valence-electron chi connectivity index (χ0n) is 19.6. The highest BCUT2D eigenvalue weighted by atomic mass is 19.1. The highest BCUT2D eigenvalue weighted by molar-refractivity contribution is 6.26. The van der Waals surface area contributed by atoms with Crippen molar-refractivity contribution in [3.63, 3.8) is 0 Å². The average Bonchev–Trinajstić information content (AvgIpc) is 2.71. The lowest BCUT2D eigenvalue weighted by atomic mass is 9.80. The minimum atomic E-state index is -1.15. The molecule has 0 fully saturated rings. The summed E-state index contributed by atoms with van der Waals surface area (Å²) in [7, 11) is 1.20. The van der Waals surface area contributed by atoms with Gasteiger partial charge in [-0.25, -0.2) is 9.18 Å². The van der Waals surface area contributed by atoms with Crippen LogP contribution in [0.25, 0.3) is 16.7 Å². The summed E-state index contributed by atoms with van der Waals surface area (Å²) in [5.41, 5.74) is 1.30. The van der Waals surface area contributed by atoms with Gasteiger partial charge in [0.25, 0.3) is 0 Å². The molecule has 1 heterocycles. The van der Waals surface area contributed by atoms with Crippen LogP contribution in [0.2, 0.25) is 0 Å². The summed E-state index contributed by atoms with van der Waals surface area (Å²) in [5.74, 6) is -0.601. The second-order valence-electron chi connectivity index (χ2n) is 8.92. The summed E-state index contributed by atoms with van der Waals surface area (Å²) < 4.78 is 30.9. The lowest BCUT2D eigenvalue weighted by molar-refractivity contribution is -0.158. The van der Waals surface area contributed by atoms with Crippen LogP contribution in [0.5, 0.6) is 0 Å². The van der Waals surface area contributed by atoms with Crippen LogP contribution in [-0.4, -0.2) is 30.3 Å². The molecule has 32 heavy (non-hydrogen) atoms. The first-order valence-electron chi connectivity index (χ1n) is 10.6. The molecule has 1 aliphatic rings. The van der Waals surface area contributed by atoms with Crippen LogP contribution < -0.4 is 0 Å². The maximum absolute atomic E-state index is 14.7. The van der Waals surface area contributed by atoms with Crippen molar-refractivity contribution in [2.75, 3.05) is 7.11 Å². The Morgan fingerprint density at radius 3 is 2.31 bits per heavy atom. The molecule has 0 radical (unpaired) electrons. The SMILES string of the molecule is CCc1ccc(-c2ccc(C)cc2F)cc1C1=C(OC(=O)OC)C(C)(C)OC(C)(C)C1=O. The molecule has 1 aliphatic heterocycles. The van der Waals surface area contributed by atoms with Crippen molar-refractivity contribution in [2.24, 2.45) is 0 Å². The molecule has 0 amide bonds. The third-order valence-electron chi connectivity index (χ3n) is 5.61. The number of ketones is 1. The Kier molecular flexibility index (Phi) is 6.29. The molecule has 170 valence electrons. The van der Waals surface area contributed by atoms with E-state index >= 15 is 0 Å². The summed E-state index contributed by atoms with van der Waals surface area (Å²) in [6.07, 6.45) is -0.323. The van der Waals surface area contributed by atoms with Crippen LogP contribution in [0.1, 0.15) is 51.3 Å². The zero-order valence-corrected chi connectivity index (χ0v) is 19.6. The lowest BCUT2D eigenvalue weighted by Gasteiger charge is -2.42. The second-order valence-corrected chi connectivity index (χ2v) is 8.92. The molecule has 0 saturated carbocycles. The molecule has 3 rings (SSSR count). The smallest absolute Gasteiger partial charge is 0.437 e. The predicted octanol–water partition coefficient (Wildman–Crippen LogP) is 6.01. The van der Waals surface area contributed by atoms with Gasteiger partial charge in [-0.15, -0.1) is 0 Å². The molecule has 6 heteroatoms. The first-order chi connectivity index (χ1) is 14.9. The van der Waals surface area contributed by atoms with E-state index in [-0.39, 0.29) is 22.9 Å². The molecule has 2 aromatic carbocycles. The van der Waals surface area contributed by atoms with E-state index in [0.29, 0.717) is 23.1 Å². The van der Waals surface area contributed by atoms with Crippen molar-refractivity contribution < 1.29 is 28.2 Å². The molecule has 0 aromatic heterocycles. The van der Waals surface area contributed by atoms with Gasteiger partial charge in [-0.3, -0.25) is 4.79 Å². The van der Waals surface area contributed by atoms with Gasteiger partial charge in [0.05, 0.1) is 12.7 Å². The van der Waals surface area contributed by atoms with Crippen LogP contribution in [0, 0.1) is 12.7 Å². The number of hydrogen-bond donors (Lipinski definition) is 0. The third kappa shape index (κ3) is 4.32. The number of methoxy groups -OCH3 is 1. The monoisotopic (exact) mass is 440 g/mol. The summed E-state index contributed by atoms with van der Waals surface area (Å²) in [6.45, 7) is 10.6. The van der Waals surface area contributed by atoms with E-state index in [0.717, 1.165) is 11.1 Å². The Bertz CT molecular complexity index is 1110. The fourth-order valence-corrected chi connectivity index (χ4v) is 4.12. The van der Waals surface area contributed by atoms with Crippen molar-refractivity contribution in [3.8, 4) is 11.1 Å². The van der Waals surface area contributed by atoms with Gasteiger partial charge < -0.3 is 14.2 Å². The van der Waals surface area contributed by atoms with E-state index in [1.54, 1.807) is 39.8 Å². The number of rotatable bonds is 4. The van der Waals surface area contributed by atoms with Gasteiger partial charge in [0.1, 0.15) is 17.0 Å². The third-order valence-corrected chi connectivity index (χ3v) is 5.61. The molecular weight excluding hydrogens is 411 g/mol. The Morgan fingerprint density at radius 1 is 1.03 bits per heavy atom. The van der Waals surface area contributed by atoms with Crippen molar-refractivity contribution in [1.82, 2.24) is 0 Å². The highest BCUT2D eigenvalue weighted by Crippen LogP contribution is 2.43. The largest absolute Gasteiger partial charge is 0.513 e. The molecule has 0 spiro atoms. The maximum Gasteiger partial charge on any atom is 0.513 e. The number of Topliss-reactive ketones (excluding diaryl/α,β-unsaturated/α-hetero) is 1. The topological polar surface area (TPSA) is 61.8 Å². The number of ether oxygens (including phenoxy) is 3. The van der Waals surface area contributed by atoms with Gasteiger partial charge in [-0.1, -0.05) is 31.2 Å². The number of carbonyl (C=O) groups is 2. The van der Waals surface area contributed by atoms with E-state index in [9.17, 15) is 14.0 Å². The van der Waals surface area contributed by atoms with Gasteiger partial charge in [0.15, 0.2) is 11.5 Å². The first-order valence-corrected chi connectivity index (χ1v) is 10.6. The number of aryl methyl sites for hydroxylation is 2. The molecule has 5 nitrogen and oxygen atoms in total. The number of carbonyl (C=O) groups excluding carboxylic acids is 2. The van der Waals surface area contributed by atoms with Crippen molar-refractivity contribution >= 4 is 17.5 Å². The summed E-state index contributed by atoms with van der Waals surface area (Å²) in [5, 5.41) is 0. The fourth-order valence-electron chi connectivity index (χ4n) is 4.12. The average molecular weight is 441 g/mol. The molecular formula is C26H29FO5. The highest BCUT2D eigenvalue weighted by Gasteiger charge is 2.49. The number of hydrogen-bond acceptors (Lipinski definition) is 5. The Morgan fingerprint density at radius 2 is 1.72 bits per heavy atom. The van der Waals surface area contributed by atoms with E-state index in [4.69, 9.17) is 9.47 Å². The van der Waals surface area contributed by atoms with Crippen LogP contribution in [-0.2, 0) is 25.4 Å². The van der Waals surface area contributed by atoms with Crippen LogP contribution in [0.4, 0.5) is 9.18 Å². The van der Waals surface area contributed by atoms with Crippen molar-refractivity contribution in [2.45, 2.75) is 59.2 Å². The first kappa shape index (κ1) is 23.7. The van der Waals surface area contributed by atoms with Crippen LogP contribution in [0.15, 0.2) is 42.2 Å². The van der Waals surface area contributed by atoms with Crippen LogP contribution in [0.3, 0.4) is 0 Å². The molecule has 0 unspecified atom stereocenters. The molecule has 0 bridgehead atoms. The van der Waals surface area contributed by atoms with Crippen molar-refractivity contribution in [1.29, 1.82) is 0 Å². The molecule has 0 saturated heterocycles. The van der Waals surface area contributed by atoms with Crippen molar-refractivity contribution in [3.05, 3.63) is 64.7 Å². The molecule has 0 atom stereocenters. The molecule has 2 aromatic rings. The quantitative estimate of drug-likeness (QED) is 0.545. The lowest BCUT2D eigenvalue weighted by Crippen LogP contribution is -2.50. The van der Waals surface area contributed by atoms with Gasteiger partial charge in [0.2, 0.25) is 0 Å². The summed E-state index contributed by atoms with van der Waals surface area (Å²) in [6, 6.07) is 10.5. The fraction of sp³-hybridized carbons (Fsp3) is 0.385. The van der Waals surface area contributed by atoms with Gasteiger partial charge in [0, 0.05) is 5.56 Å². The zero-order chi connectivity index (χ0) is 23.8. The number of halogens is 1. The summed E-state index contributed by atoms with van der Waals surface area (Å²) >= 11 is 0. The molecule has 0 aliphatic carbocycles. The second kappa shape index (κ2) is 8.51. The Hall–Kier alpha value is -2.99. The van der Waals surface area contributed by atoms with Crippen LogP contribution >= 0.6 is 0 Å². The Balaban J connectivity index is 2.33. The van der Waals surface area contributed by atoms with E-state index in [2.05, 4.69) is 4.74 Å². The molecule has 0 N–H and O–H groups in total. The normalized spacial score (nSPS) is 17.3. The van der Waals surface area contributed by atoms with Gasteiger partial charge in [-0.2, -0.15) is 0 Å². The number of benzene rings is 2. The van der Waals surface area contributed by atoms with E-state index < -0.39 is 17.4 Å². The maximum atomic E-state index is 14.7. The van der Waals surface area contributed by atoms with E-state index in [1.807, 2.05) is 32.0 Å². The van der Waals surface area contributed by atoms with Gasteiger partial charge >= 0.3 is 6.16 Å².